The van der Waals surface area contributed by atoms with Crippen molar-refractivity contribution < 1.29 is 9.90 Å². The molecule has 1 aromatic rings. The summed E-state index contributed by atoms with van der Waals surface area (Å²) in [5.74, 6) is -0.330. The second kappa shape index (κ2) is 3.54. The van der Waals surface area contributed by atoms with Crippen LogP contribution in [-0.2, 0) is 0 Å². The Labute approximate surface area is 77.5 Å². The normalized spacial score (nSPS) is 14.6. The molecule has 0 amide bonds. The van der Waals surface area contributed by atoms with Gasteiger partial charge in [0, 0.05) is 5.56 Å². The minimum absolute atomic E-state index is 0.330. The van der Waals surface area contributed by atoms with Gasteiger partial charge in [-0.15, -0.1) is 0 Å². The number of hydrogen-bond acceptors (Lipinski definition) is 2. The summed E-state index contributed by atoms with van der Waals surface area (Å²) in [6, 6.07) is 8.67. The highest BCUT2D eigenvalue weighted by molar-refractivity contribution is 6.03. The molecule has 0 radical (unpaired) electrons. The van der Waals surface area contributed by atoms with Gasteiger partial charge in [0.25, 0.3) is 0 Å². The molecule has 1 atom stereocenters. The van der Waals surface area contributed by atoms with Crippen molar-refractivity contribution in [2.24, 2.45) is 0 Å². The number of Topliss-reactive ketones (excluding diaryl/α,β-unsaturated/α-hetero) is 1. The summed E-state index contributed by atoms with van der Waals surface area (Å²) in [6.45, 7) is 4.83. The molecule has 1 aromatic carbocycles. The standard InChI is InChI=1S/C11H12O2/c1-3-11(2,13)10(12)9-7-5-4-6-8-9/h3-8,13H,1H2,2H3. The number of benzene rings is 1. The van der Waals surface area contributed by atoms with Gasteiger partial charge in [-0.2, -0.15) is 0 Å². The van der Waals surface area contributed by atoms with Crippen LogP contribution >= 0.6 is 0 Å². The van der Waals surface area contributed by atoms with Gasteiger partial charge < -0.3 is 5.11 Å². The van der Waals surface area contributed by atoms with Crippen LogP contribution in [0.3, 0.4) is 0 Å². The predicted octanol–water partition coefficient (Wildman–Crippen LogP) is 1.81. The molecule has 0 heterocycles. The first-order valence-corrected chi connectivity index (χ1v) is 4.04. The molecule has 0 saturated heterocycles. The molecule has 0 saturated carbocycles. The highest BCUT2D eigenvalue weighted by Gasteiger charge is 2.26. The van der Waals surface area contributed by atoms with Crippen molar-refractivity contribution in [2.45, 2.75) is 12.5 Å². The lowest BCUT2D eigenvalue weighted by Crippen LogP contribution is -2.32. The van der Waals surface area contributed by atoms with Crippen LogP contribution in [0.4, 0.5) is 0 Å². The third kappa shape index (κ3) is 2.04. The zero-order chi connectivity index (χ0) is 9.90. The van der Waals surface area contributed by atoms with Crippen molar-refractivity contribution in [1.29, 1.82) is 0 Å². The summed E-state index contributed by atoms with van der Waals surface area (Å²) < 4.78 is 0. The van der Waals surface area contributed by atoms with Gasteiger partial charge in [0.2, 0.25) is 0 Å². The largest absolute Gasteiger partial charge is 0.378 e. The average Bonchev–Trinajstić information content (AvgIpc) is 2.18. The van der Waals surface area contributed by atoms with Crippen LogP contribution in [0.5, 0.6) is 0 Å². The summed E-state index contributed by atoms with van der Waals surface area (Å²) in [5.41, 5.74) is -0.978. The van der Waals surface area contributed by atoms with Gasteiger partial charge in [0.05, 0.1) is 0 Å². The minimum Gasteiger partial charge on any atom is -0.378 e. The number of ketones is 1. The number of rotatable bonds is 3. The molecule has 1 unspecified atom stereocenters. The Morgan fingerprint density at radius 2 is 2.00 bits per heavy atom. The van der Waals surface area contributed by atoms with Gasteiger partial charge in [0.15, 0.2) is 5.78 Å². The van der Waals surface area contributed by atoms with Crippen LogP contribution in [0.1, 0.15) is 17.3 Å². The number of carbonyl (C=O) groups is 1. The fourth-order valence-electron chi connectivity index (χ4n) is 0.974. The zero-order valence-corrected chi connectivity index (χ0v) is 7.53. The molecule has 0 aliphatic rings. The van der Waals surface area contributed by atoms with E-state index in [2.05, 4.69) is 6.58 Å². The number of carbonyl (C=O) groups excluding carboxylic acids is 1. The second-order valence-corrected chi connectivity index (χ2v) is 3.05. The van der Waals surface area contributed by atoms with Crippen molar-refractivity contribution in [3.05, 3.63) is 48.6 Å². The topological polar surface area (TPSA) is 37.3 Å². The van der Waals surface area contributed by atoms with Crippen molar-refractivity contribution >= 4 is 5.78 Å². The van der Waals surface area contributed by atoms with Gasteiger partial charge in [-0.1, -0.05) is 43.0 Å². The smallest absolute Gasteiger partial charge is 0.197 e. The quantitative estimate of drug-likeness (QED) is 0.563. The van der Waals surface area contributed by atoms with Gasteiger partial charge in [0.1, 0.15) is 5.60 Å². The van der Waals surface area contributed by atoms with E-state index in [1.165, 1.54) is 13.0 Å². The molecule has 0 spiro atoms. The maximum Gasteiger partial charge on any atom is 0.197 e. The summed E-state index contributed by atoms with van der Waals surface area (Å²) in [6.07, 6.45) is 1.24. The number of hydrogen-bond donors (Lipinski definition) is 1. The second-order valence-electron chi connectivity index (χ2n) is 3.05. The first-order chi connectivity index (χ1) is 6.08. The predicted molar refractivity (Wildman–Crippen MR) is 51.6 cm³/mol. The van der Waals surface area contributed by atoms with Gasteiger partial charge >= 0.3 is 0 Å². The van der Waals surface area contributed by atoms with Crippen LogP contribution in [0.25, 0.3) is 0 Å². The Bertz CT molecular complexity index is 312. The Hall–Kier alpha value is -1.41. The van der Waals surface area contributed by atoms with E-state index < -0.39 is 5.60 Å². The number of aliphatic hydroxyl groups is 1. The molecule has 2 heteroatoms. The van der Waals surface area contributed by atoms with E-state index in [-0.39, 0.29) is 5.78 Å². The van der Waals surface area contributed by atoms with Crippen molar-refractivity contribution in [1.82, 2.24) is 0 Å². The van der Waals surface area contributed by atoms with E-state index in [1.807, 2.05) is 6.07 Å². The van der Waals surface area contributed by atoms with Gasteiger partial charge in [-0.05, 0) is 6.92 Å². The van der Waals surface area contributed by atoms with Crippen LogP contribution in [0, 0.1) is 0 Å². The molecule has 0 fully saturated rings. The third-order valence-corrected chi connectivity index (χ3v) is 1.89. The fourth-order valence-corrected chi connectivity index (χ4v) is 0.974. The molecular weight excluding hydrogens is 164 g/mol. The van der Waals surface area contributed by atoms with E-state index in [1.54, 1.807) is 24.3 Å². The minimum atomic E-state index is -1.47. The summed E-state index contributed by atoms with van der Waals surface area (Å²) in [4.78, 5) is 11.6. The van der Waals surface area contributed by atoms with Crippen LogP contribution in [0.15, 0.2) is 43.0 Å². The Morgan fingerprint density at radius 3 is 2.46 bits per heavy atom. The fraction of sp³-hybridized carbons (Fsp3) is 0.182. The molecule has 0 aliphatic carbocycles. The molecule has 0 bridgehead atoms. The molecule has 0 aliphatic heterocycles. The molecule has 2 nitrogen and oxygen atoms in total. The molecular formula is C11H12O2. The maximum absolute atomic E-state index is 11.6. The monoisotopic (exact) mass is 176 g/mol. The SMILES string of the molecule is C=CC(C)(O)C(=O)c1ccccc1. The van der Waals surface area contributed by atoms with E-state index in [4.69, 9.17) is 0 Å². The summed E-state index contributed by atoms with van der Waals surface area (Å²) in [5, 5.41) is 9.58. The Balaban J connectivity index is 2.99. The first kappa shape index (κ1) is 9.68. The van der Waals surface area contributed by atoms with E-state index in [0.717, 1.165) is 0 Å². The third-order valence-electron chi connectivity index (χ3n) is 1.89. The molecule has 68 valence electrons. The van der Waals surface area contributed by atoms with Crippen molar-refractivity contribution in [2.75, 3.05) is 0 Å². The lowest BCUT2D eigenvalue weighted by Gasteiger charge is -2.16. The summed E-state index contributed by atoms with van der Waals surface area (Å²) >= 11 is 0. The molecule has 1 N–H and O–H groups in total. The lowest BCUT2D eigenvalue weighted by molar-refractivity contribution is 0.0593. The maximum atomic E-state index is 11.6. The molecule has 1 rings (SSSR count). The molecule has 13 heavy (non-hydrogen) atoms. The first-order valence-electron chi connectivity index (χ1n) is 4.04. The zero-order valence-electron chi connectivity index (χ0n) is 7.53. The van der Waals surface area contributed by atoms with E-state index >= 15 is 0 Å². The molecule has 0 aromatic heterocycles. The van der Waals surface area contributed by atoms with Crippen molar-refractivity contribution in [3.63, 3.8) is 0 Å². The highest BCUT2D eigenvalue weighted by Crippen LogP contribution is 2.13. The average molecular weight is 176 g/mol. The van der Waals surface area contributed by atoms with Crippen molar-refractivity contribution in [3.8, 4) is 0 Å². The van der Waals surface area contributed by atoms with E-state index in [0.29, 0.717) is 5.56 Å². The lowest BCUT2D eigenvalue weighted by atomic mass is 9.95. The van der Waals surface area contributed by atoms with Gasteiger partial charge in [-0.25, -0.2) is 0 Å². The van der Waals surface area contributed by atoms with Crippen LogP contribution < -0.4 is 0 Å². The van der Waals surface area contributed by atoms with E-state index in [9.17, 15) is 9.90 Å². The Kier molecular flexibility index (Phi) is 2.63. The van der Waals surface area contributed by atoms with Crippen LogP contribution in [0.2, 0.25) is 0 Å². The Morgan fingerprint density at radius 1 is 1.46 bits per heavy atom. The van der Waals surface area contributed by atoms with Crippen LogP contribution in [-0.4, -0.2) is 16.5 Å². The van der Waals surface area contributed by atoms with Gasteiger partial charge in [-0.3, -0.25) is 4.79 Å². The highest BCUT2D eigenvalue weighted by atomic mass is 16.3. The summed E-state index contributed by atoms with van der Waals surface area (Å²) in [7, 11) is 0.